The van der Waals surface area contributed by atoms with Crippen molar-refractivity contribution < 1.29 is 0 Å². The molecule has 0 aliphatic heterocycles. The molecule has 0 fully saturated rings. The third-order valence-electron chi connectivity index (χ3n) is 7.73. The predicted octanol–water partition coefficient (Wildman–Crippen LogP) is 10.0. The zero-order chi connectivity index (χ0) is 27.8. The Morgan fingerprint density at radius 3 is 2.29 bits per heavy atom. The fraction of sp³-hybridized carbons (Fsp3) is 0.0526. The van der Waals surface area contributed by atoms with Crippen LogP contribution in [0.25, 0.3) is 66.5 Å². The van der Waals surface area contributed by atoms with E-state index in [0.29, 0.717) is 0 Å². The first kappa shape index (κ1) is 24.7. The first-order chi connectivity index (χ1) is 20.2. The maximum Gasteiger partial charge on any atom is 0.145 e. The lowest BCUT2D eigenvalue weighted by molar-refractivity contribution is 1.16. The van der Waals surface area contributed by atoms with Gasteiger partial charge in [-0.25, -0.2) is 4.98 Å². The Kier molecular flexibility index (Phi) is 6.25. The molecule has 0 bridgehead atoms. The van der Waals surface area contributed by atoms with Crippen LogP contribution in [0.1, 0.15) is 19.4 Å². The Bertz CT molecular complexity index is 2100. The van der Waals surface area contributed by atoms with E-state index in [2.05, 4.69) is 127 Å². The summed E-state index contributed by atoms with van der Waals surface area (Å²) in [5.74, 6) is 0.907. The van der Waals surface area contributed by atoms with Gasteiger partial charge in [0.15, 0.2) is 0 Å². The summed E-state index contributed by atoms with van der Waals surface area (Å²) in [5, 5.41) is 5.05. The highest BCUT2D eigenvalue weighted by molar-refractivity contribution is 6.09. The van der Waals surface area contributed by atoms with Crippen molar-refractivity contribution >= 4 is 32.6 Å². The molecule has 3 heteroatoms. The molecule has 0 aliphatic carbocycles. The first-order valence-corrected chi connectivity index (χ1v) is 14.0. The number of fused-ring (bicyclic) bond motifs is 3. The summed E-state index contributed by atoms with van der Waals surface area (Å²) < 4.78 is 2.15. The van der Waals surface area contributed by atoms with Crippen molar-refractivity contribution in [3.05, 3.63) is 145 Å². The van der Waals surface area contributed by atoms with Crippen LogP contribution in [0, 0.1) is 0 Å². The Labute approximate surface area is 239 Å². The normalized spacial score (nSPS) is 12.2. The van der Waals surface area contributed by atoms with Crippen LogP contribution in [0.3, 0.4) is 0 Å². The zero-order valence-electron chi connectivity index (χ0n) is 23.1. The highest BCUT2D eigenvalue weighted by Crippen LogP contribution is 2.36. The van der Waals surface area contributed by atoms with Gasteiger partial charge in [-0.15, -0.1) is 0 Å². The molecule has 0 amide bonds. The maximum atomic E-state index is 5.05. The Balaban J connectivity index is 1.33. The van der Waals surface area contributed by atoms with Crippen molar-refractivity contribution in [1.82, 2.24) is 14.4 Å². The summed E-state index contributed by atoms with van der Waals surface area (Å²) >= 11 is 0. The SMILES string of the molecule is C/C=C\C=C(/C)c1c2ccccc2cc2ccc(-c3ccc(-c4nc(-c5ccccn5)c5ccccn45)cc3)cc12. The summed E-state index contributed by atoms with van der Waals surface area (Å²) in [6.07, 6.45) is 10.3. The van der Waals surface area contributed by atoms with Gasteiger partial charge in [-0.1, -0.05) is 91.0 Å². The van der Waals surface area contributed by atoms with E-state index in [9.17, 15) is 0 Å². The molecule has 0 atom stereocenters. The molecule has 3 nitrogen and oxygen atoms in total. The molecule has 196 valence electrons. The lowest BCUT2D eigenvalue weighted by Gasteiger charge is -2.14. The number of hydrogen-bond acceptors (Lipinski definition) is 2. The molecule has 4 aromatic carbocycles. The second-order valence-electron chi connectivity index (χ2n) is 10.3. The van der Waals surface area contributed by atoms with Crippen molar-refractivity contribution in [3.8, 4) is 33.9 Å². The number of nitrogens with zero attached hydrogens (tertiary/aromatic N) is 3. The fourth-order valence-electron chi connectivity index (χ4n) is 5.73. The minimum atomic E-state index is 0.873. The van der Waals surface area contributed by atoms with Crippen LogP contribution in [0.2, 0.25) is 0 Å². The molecule has 7 rings (SSSR count). The monoisotopic (exact) mass is 527 g/mol. The van der Waals surface area contributed by atoms with Crippen molar-refractivity contribution in [1.29, 1.82) is 0 Å². The summed E-state index contributed by atoms with van der Waals surface area (Å²) in [6, 6.07) is 38.6. The molecule has 0 N–H and O–H groups in total. The quantitative estimate of drug-likeness (QED) is 0.165. The topological polar surface area (TPSA) is 30.2 Å². The highest BCUT2D eigenvalue weighted by atomic mass is 15.0. The van der Waals surface area contributed by atoms with Gasteiger partial charge in [-0.3, -0.25) is 9.38 Å². The molecule has 0 saturated heterocycles. The number of rotatable bonds is 5. The summed E-state index contributed by atoms with van der Waals surface area (Å²) in [4.78, 5) is 9.60. The Hall–Kier alpha value is -5.28. The van der Waals surface area contributed by atoms with E-state index in [-0.39, 0.29) is 0 Å². The highest BCUT2D eigenvalue weighted by Gasteiger charge is 2.15. The van der Waals surface area contributed by atoms with Crippen LogP contribution >= 0.6 is 0 Å². The number of imidazole rings is 1. The molecular weight excluding hydrogens is 498 g/mol. The predicted molar refractivity (Wildman–Crippen MR) is 173 cm³/mol. The van der Waals surface area contributed by atoms with Gasteiger partial charge < -0.3 is 0 Å². The largest absolute Gasteiger partial charge is 0.299 e. The number of pyridine rings is 2. The summed E-state index contributed by atoms with van der Waals surface area (Å²) in [7, 11) is 0. The first-order valence-electron chi connectivity index (χ1n) is 14.0. The van der Waals surface area contributed by atoms with Gasteiger partial charge in [0.05, 0.1) is 11.2 Å². The van der Waals surface area contributed by atoms with Crippen LogP contribution in [0.15, 0.2) is 140 Å². The standard InChI is InChI=1S/C38H29N3/c1-3-4-11-26(2)36-32-13-6-5-12-30(32)24-31-21-20-29(25-33(31)36)27-16-18-28(19-17-27)38-40-37(34-14-7-9-22-39-34)35-15-8-10-23-41(35)38/h3-25H,1-2H3/b4-3-,26-11+. The van der Waals surface area contributed by atoms with Crippen molar-refractivity contribution in [2.24, 2.45) is 0 Å². The molecule has 41 heavy (non-hydrogen) atoms. The van der Waals surface area contributed by atoms with Crippen LogP contribution in [0.4, 0.5) is 0 Å². The van der Waals surface area contributed by atoms with Crippen LogP contribution in [-0.2, 0) is 0 Å². The molecule has 3 heterocycles. The van der Waals surface area contributed by atoms with Gasteiger partial charge in [0.1, 0.15) is 11.5 Å². The van der Waals surface area contributed by atoms with Crippen molar-refractivity contribution in [3.63, 3.8) is 0 Å². The maximum absolute atomic E-state index is 5.05. The fourth-order valence-corrected chi connectivity index (χ4v) is 5.73. The van der Waals surface area contributed by atoms with E-state index in [1.807, 2.05) is 36.5 Å². The molecule has 0 radical (unpaired) electrons. The van der Waals surface area contributed by atoms with E-state index in [1.165, 1.54) is 43.8 Å². The van der Waals surface area contributed by atoms with Gasteiger partial charge in [-0.05, 0) is 94.1 Å². The van der Waals surface area contributed by atoms with Gasteiger partial charge in [0.25, 0.3) is 0 Å². The molecule has 0 saturated carbocycles. The second kappa shape index (κ2) is 10.4. The Morgan fingerprint density at radius 2 is 1.46 bits per heavy atom. The van der Waals surface area contributed by atoms with E-state index in [0.717, 1.165) is 28.3 Å². The minimum Gasteiger partial charge on any atom is -0.299 e. The minimum absolute atomic E-state index is 0.873. The van der Waals surface area contributed by atoms with Crippen LogP contribution in [0.5, 0.6) is 0 Å². The smallest absolute Gasteiger partial charge is 0.145 e. The van der Waals surface area contributed by atoms with E-state index < -0.39 is 0 Å². The second-order valence-corrected chi connectivity index (χ2v) is 10.3. The molecule has 0 spiro atoms. The van der Waals surface area contributed by atoms with Crippen LogP contribution in [-0.4, -0.2) is 14.4 Å². The average Bonchev–Trinajstić information content (AvgIpc) is 3.42. The number of allylic oxidation sites excluding steroid dienone is 4. The average molecular weight is 528 g/mol. The van der Waals surface area contributed by atoms with Gasteiger partial charge in [-0.2, -0.15) is 0 Å². The Morgan fingerprint density at radius 1 is 0.707 bits per heavy atom. The number of aromatic nitrogens is 3. The molecule has 7 aromatic rings. The van der Waals surface area contributed by atoms with Crippen molar-refractivity contribution in [2.45, 2.75) is 13.8 Å². The van der Waals surface area contributed by atoms with Crippen molar-refractivity contribution in [2.75, 3.05) is 0 Å². The molecular formula is C38H29N3. The summed E-state index contributed by atoms with van der Waals surface area (Å²) in [6.45, 7) is 4.26. The third-order valence-corrected chi connectivity index (χ3v) is 7.73. The van der Waals surface area contributed by atoms with Crippen LogP contribution < -0.4 is 0 Å². The van der Waals surface area contributed by atoms with Gasteiger partial charge in [0, 0.05) is 18.0 Å². The lowest BCUT2D eigenvalue weighted by atomic mass is 9.90. The number of benzene rings is 4. The van der Waals surface area contributed by atoms with E-state index in [4.69, 9.17) is 4.98 Å². The number of hydrogen-bond donors (Lipinski definition) is 0. The zero-order valence-corrected chi connectivity index (χ0v) is 23.1. The van der Waals surface area contributed by atoms with E-state index >= 15 is 0 Å². The molecule has 0 unspecified atom stereocenters. The molecule has 3 aromatic heterocycles. The van der Waals surface area contributed by atoms with E-state index in [1.54, 1.807) is 0 Å². The summed E-state index contributed by atoms with van der Waals surface area (Å²) in [5.41, 5.74) is 8.79. The molecule has 0 aliphatic rings. The third kappa shape index (κ3) is 4.42. The van der Waals surface area contributed by atoms with Gasteiger partial charge in [0.2, 0.25) is 0 Å². The van der Waals surface area contributed by atoms with Gasteiger partial charge >= 0.3 is 0 Å². The lowest BCUT2D eigenvalue weighted by Crippen LogP contribution is -1.90.